The number of rotatable bonds is 25. The van der Waals surface area contributed by atoms with Gasteiger partial charge in [-0.1, -0.05) is 32.2 Å². The van der Waals surface area contributed by atoms with Crippen molar-refractivity contribution >= 4 is 23.8 Å². The molecule has 1 rings (SSSR count). The first-order valence-corrected chi connectivity index (χ1v) is 16.6. The number of cyclic esters (lactones) is 2. The third-order valence-corrected chi connectivity index (χ3v) is 6.76. The third-order valence-electron chi connectivity index (χ3n) is 6.76. The van der Waals surface area contributed by atoms with Gasteiger partial charge in [-0.3, -0.25) is 9.59 Å². The zero-order valence-corrected chi connectivity index (χ0v) is 29.5. The minimum absolute atomic E-state index is 0.0949. The molecule has 2 amide bonds. The van der Waals surface area contributed by atoms with Crippen LogP contribution >= 0.6 is 0 Å². The molecule has 1 aliphatic rings. The van der Waals surface area contributed by atoms with Crippen LogP contribution in [0.25, 0.3) is 0 Å². The number of amides is 2. The Hall–Kier alpha value is -2.46. The lowest BCUT2D eigenvalue weighted by Crippen LogP contribution is -2.52. The standard InChI is InChI=1S/C19H41N3O6.C13H19NO4/c1-7-11-17(6)21-18(23)13-12-16(5)20-14-15-27-28-22-19(24-8-2,25-9-3)26-10-4;1-4-5-8(2)14-11(15)7-6-10-9(3)12(16)18-13(10)17/h16-17,20,22H,7-15H2,1-6H3,(H,21,23);8H,4-7H2,1-3H3,(H,14,15). The average molecular weight is 661 g/mol. The van der Waals surface area contributed by atoms with Gasteiger partial charge in [0.15, 0.2) is 0 Å². The molecule has 0 aromatic rings. The fourth-order valence-corrected chi connectivity index (χ4v) is 4.43. The highest BCUT2D eigenvalue weighted by Crippen LogP contribution is 2.21. The smallest absolute Gasteiger partial charge is 0.376 e. The summed E-state index contributed by atoms with van der Waals surface area (Å²) in [6, 6.07) is 0.559. The van der Waals surface area contributed by atoms with Crippen LogP contribution in [0, 0.1) is 0 Å². The van der Waals surface area contributed by atoms with Crippen LogP contribution < -0.4 is 21.4 Å². The molecule has 0 saturated heterocycles. The maximum atomic E-state index is 11.9. The molecule has 0 bridgehead atoms. The Morgan fingerprint density at radius 2 is 1.28 bits per heavy atom. The van der Waals surface area contributed by atoms with E-state index in [1.165, 1.54) is 0 Å². The van der Waals surface area contributed by atoms with Crippen LogP contribution in [0.5, 0.6) is 0 Å². The van der Waals surface area contributed by atoms with E-state index in [-0.39, 0.29) is 42.8 Å². The minimum atomic E-state index is -1.48. The molecule has 4 N–H and O–H groups in total. The second-order valence-corrected chi connectivity index (χ2v) is 11.1. The zero-order chi connectivity index (χ0) is 35.0. The van der Waals surface area contributed by atoms with E-state index in [9.17, 15) is 19.2 Å². The van der Waals surface area contributed by atoms with Crippen molar-refractivity contribution in [3.05, 3.63) is 11.1 Å². The maximum absolute atomic E-state index is 11.9. The van der Waals surface area contributed by atoms with Crippen molar-refractivity contribution in [1.29, 1.82) is 0 Å². The van der Waals surface area contributed by atoms with Gasteiger partial charge in [0.25, 0.3) is 0 Å². The minimum Gasteiger partial charge on any atom is -0.386 e. The van der Waals surface area contributed by atoms with Crippen molar-refractivity contribution < 1.29 is 48.0 Å². The Balaban J connectivity index is 0.000000964. The summed E-state index contributed by atoms with van der Waals surface area (Å²) in [4.78, 5) is 55.9. The van der Waals surface area contributed by atoms with E-state index in [2.05, 4.69) is 40.0 Å². The molecule has 14 heteroatoms. The summed E-state index contributed by atoms with van der Waals surface area (Å²) in [5, 5.41) is 9.14. The molecule has 14 nitrogen and oxygen atoms in total. The van der Waals surface area contributed by atoms with Crippen molar-refractivity contribution in [3.8, 4) is 0 Å². The summed E-state index contributed by atoms with van der Waals surface area (Å²) in [5.41, 5.74) is 3.16. The number of ether oxygens (including phenoxy) is 4. The van der Waals surface area contributed by atoms with Gasteiger partial charge in [0, 0.05) is 48.7 Å². The van der Waals surface area contributed by atoms with Crippen LogP contribution in [0.3, 0.4) is 0 Å². The molecule has 0 fully saturated rings. The van der Waals surface area contributed by atoms with Gasteiger partial charge in [-0.15, -0.1) is 4.99 Å². The highest BCUT2D eigenvalue weighted by atomic mass is 17.3. The molecular formula is C32H60N4O10. The van der Waals surface area contributed by atoms with Crippen LogP contribution in [0.1, 0.15) is 114 Å². The third kappa shape index (κ3) is 19.3. The predicted molar refractivity (Wildman–Crippen MR) is 173 cm³/mol. The largest absolute Gasteiger partial charge is 0.386 e. The van der Waals surface area contributed by atoms with E-state index in [1.807, 2.05) is 41.5 Å². The molecule has 0 spiro atoms. The quantitative estimate of drug-likeness (QED) is 0.0280. The number of nitrogens with one attached hydrogen (secondary N) is 4. The van der Waals surface area contributed by atoms with E-state index >= 15 is 0 Å². The molecule has 0 aromatic heterocycles. The van der Waals surface area contributed by atoms with Gasteiger partial charge in [-0.25, -0.2) is 14.5 Å². The topological polar surface area (TPSA) is 172 Å². The molecule has 268 valence electrons. The molecule has 46 heavy (non-hydrogen) atoms. The van der Waals surface area contributed by atoms with Gasteiger partial charge in [0.1, 0.15) is 0 Å². The summed E-state index contributed by atoms with van der Waals surface area (Å²) in [6.07, 6.45) is 4.22. The maximum Gasteiger partial charge on any atom is 0.376 e. The lowest BCUT2D eigenvalue weighted by atomic mass is 10.1. The van der Waals surface area contributed by atoms with E-state index in [0.717, 1.165) is 32.1 Å². The Bertz CT molecular complexity index is 914. The van der Waals surface area contributed by atoms with Gasteiger partial charge in [-0.2, -0.15) is 0 Å². The molecule has 0 radical (unpaired) electrons. The first-order valence-electron chi connectivity index (χ1n) is 16.6. The summed E-state index contributed by atoms with van der Waals surface area (Å²) in [6.45, 7) is 19.2. The highest BCUT2D eigenvalue weighted by Gasteiger charge is 2.34. The Kier molecular flexibility index (Phi) is 24.2. The number of carbonyl (C=O) groups excluding carboxylic acids is 4. The molecule has 1 aliphatic heterocycles. The first kappa shape index (κ1) is 43.5. The fraction of sp³-hybridized carbons (Fsp3) is 0.812. The monoisotopic (exact) mass is 660 g/mol. The summed E-state index contributed by atoms with van der Waals surface area (Å²) in [7, 11) is 0. The number of hydroxylamine groups is 1. The SMILES string of the molecule is CCCC(C)NC(=O)CCC(C)NCCOONC(OCC)(OCC)OCC.CCCC(C)NC(=O)CCC1=C(C)C(=O)OC1=O. The molecule has 0 saturated carbocycles. The Morgan fingerprint density at radius 3 is 1.74 bits per heavy atom. The normalized spacial score (nSPS) is 15.2. The van der Waals surface area contributed by atoms with Crippen LogP contribution in [-0.2, 0) is 48.0 Å². The molecule has 0 aliphatic carbocycles. The zero-order valence-electron chi connectivity index (χ0n) is 29.5. The van der Waals surface area contributed by atoms with Crippen LogP contribution in [0.15, 0.2) is 11.1 Å². The van der Waals surface area contributed by atoms with Gasteiger partial charge < -0.3 is 34.9 Å². The van der Waals surface area contributed by atoms with E-state index in [0.29, 0.717) is 50.5 Å². The Morgan fingerprint density at radius 1 is 0.761 bits per heavy atom. The molecule has 3 unspecified atom stereocenters. The lowest BCUT2D eigenvalue weighted by Gasteiger charge is -2.30. The predicted octanol–water partition coefficient (Wildman–Crippen LogP) is 3.69. The second kappa shape index (κ2) is 25.6. The summed E-state index contributed by atoms with van der Waals surface area (Å²) >= 11 is 0. The Labute approximate surface area is 275 Å². The number of carbonyl (C=O) groups is 4. The van der Waals surface area contributed by atoms with E-state index in [4.69, 9.17) is 24.1 Å². The van der Waals surface area contributed by atoms with Crippen molar-refractivity contribution in [3.63, 3.8) is 0 Å². The summed E-state index contributed by atoms with van der Waals surface area (Å²) < 4.78 is 20.8. The van der Waals surface area contributed by atoms with Gasteiger partial charge >= 0.3 is 18.0 Å². The number of esters is 2. The average Bonchev–Trinajstić information content (AvgIpc) is 3.23. The van der Waals surface area contributed by atoms with Crippen molar-refractivity contribution in [1.82, 2.24) is 21.4 Å². The van der Waals surface area contributed by atoms with E-state index < -0.39 is 18.0 Å². The number of hydrogen-bond donors (Lipinski definition) is 4. The van der Waals surface area contributed by atoms with Crippen molar-refractivity contribution in [2.24, 2.45) is 0 Å². The molecule has 3 atom stereocenters. The highest BCUT2D eigenvalue weighted by molar-refractivity contribution is 6.12. The molecule has 0 aromatic carbocycles. The van der Waals surface area contributed by atoms with E-state index in [1.54, 1.807) is 6.92 Å². The van der Waals surface area contributed by atoms with Crippen LogP contribution in [0.4, 0.5) is 0 Å². The fourth-order valence-electron chi connectivity index (χ4n) is 4.43. The summed E-state index contributed by atoms with van der Waals surface area (Å²) in [5.74, 6) is -1.23. The molecular weight excluding hydrogens is 600 g/mol. The van der Waals surface area contributed by atoms with Crippen molar-refractivity contribution in [2.75, 3.05) is 33.0 Å². The van der Waals surface area contributed by atoms with Gasteiger partial charge in [0.2, 0.25) is 11.8 Å². The second-order valence-electron chi connectivity index (χ2n) is 11.1. The number of hydrogen-bond acceptors (Lipinski definition) is 12. The first-order chi connectivity index (χ1) is 21.9. The van der Waals surface area contributed by atoms with Crippen molar-refractivity contribution in [2.45, 2.75) is 138 Å². The van der Waals surface area contributed by atoms with Crippen LogP contribution in [-0.4, -0.2) is 80.9 Å². The lowest BCUT2D eigenvalue weighted by molar-refractivity contribution is -0.481. The van der Waals surface area contributed by atoms with Crippen LogP contribution in [0.2, 0.25) is 0 Å². The van der Waals surface area contributed by atoms with Gasteiger partial charge in [0.05, 0.1) is 26.4 Å². The molecule has 1 heterocycles. The van der Waals surface area contributed by atoms with Gasteiger partial charge in [-0.05, 0) is 74.1 Å².